The highest BCUT2D eigenvalue weighted by Crippen LogP contribution is 2.25. The molecule has 3 amide bonds. The Balaban J connectivity index is 1.31. The number of benzene rings is 2. The largest absolute Gasteiger partial charge is 0.508 e. The van der Waals surface area contributed by atoms with Crippen LogP contribution < -0.4 is 5.32 Å². The van der Waals surface area contributed by atoms with Crippen LogP contribution in [0.15, 0.2) is 48.5 Å². The number of carboxylic acids is 1. The minimum atomic E-state index is -1.32. The maximum Gasteiger partial charge on any atom is 0.410 e. The number of piperidine rings is 1. The third-order valence-corrected chi connectivity index (χ3v) is 6.18. The summed E-state index contributed by atoms with van der Waals surface area (Å²) in [5.74, 6) is -1.15. The lowest BCUT2D eigenvalue weighted by Gasteiger charge is -2.37. The highest BCUT2D eigenvalue weighted by molar-refractivity contribution is 5.91. The van der Waals surface area contributed by atoms with Gasteiger partial charge in [0.15, 0.2) is 0 Å². The fourth-order valence-electron chi connectivity index (χ4n) is 4.32. The van der Waals surface area contributed by atoms with Crippen molar-refractivity contribution in [3.05, 3.63) is 59.7 Å². The smallest absolute Gasteiger partial charge is 0.410 e. The molecular formula is C24H27N3O6. The van der Waals surface area contributed by atoms with Gasteiger partial charge in [-0.15, -0.1) is 0 Å². The van der Waals surface area contributed by atoms with Crippen molar-refractivity contribution in [2.24, 2.45) is 0 Å². The van der Waals surface area contributed by atoms with Crippen molar-refractivity contribution in [3.63, 3.8) is 0 Å². The summed E-state index contributed by atoms with van der Waals surface area (Å²) >= 11 is 0. The van der Waals surface area contributed by atoms with Crippen LogP contribution >= 0.6 is 0 Å². The fourth-order valence-corrected chi connectivity index (χ4v) is 4.32. The van der Waals surface area contributed by atoms with Crippen LogP contribution in [0, 0.1) is 0 Å². The van der Waals surface area contributed by atoms with Crippen LogP contribution in [0.5, 0.6) is 5.75 Å². The van der Waals surface area contributed by atoms with Gasteiger partial charge in [0.1, 0.15) is 5.75 Å². The van der Waals surface area contributed by atoms with Crippen LogP contribution in [0.3, 0.4) is 0 Å². The number of likely N-dealkylation sites (tertiary alicyclic amines) is 1. The Labute approximate surface area is 191 Å². The lowest BCUT2D eigenvalue weighted by atomic mass is 10.0. The van der Waals surface area contributed by atoms with Crippen LogP contribution in [0.2, 0.25) is 0 Å². The fraction of sp³-hybridized carbons (Fsp3) is 0.375. The molecule has 0 saturated carbocycles. The molecule has 9 nitrogen and oxygen atoms in total. The number of anilines is 1. The van der Waals surface area contributed by atoms with Crippen molar-refractivity contribution >= 4 is 23.8 Å². The van der Waals surface area contributed by atoms with Gasteiger partial charge >= 0.3 is 18.1 Å². The molecule has 2 aromatic rings. The van der Waals surface area contributed by atoms with Gasteiger partial charge in [-0.25, -0.2) is 14.4 Å². The SMILES string of the molecule is O=C(O)C(Cc1ccc(O)cc1)OC(=O)N1CCC(N2CCc3ccccc3NC2=O)CC1. The third kappa shape index (κ3) is 5.36. The zero-order valence-corrected chi connectivity index (χ0v) is 18.1. The number of hydrogen-bond acceptors (Lipinski definition) is 5. The summed E-state index contributed by atoms with van der Waals surface area (Å²) in [6.45, 7) is 1.36. The molecular weight excluding hydrogens is 426 g/mol. The van der Waals surface area contributed by atoms with Gasteiger partial charge < -0.3 is 30.1 Å². The van der Waals surface area contributed by atoms with Crippen LogP contribution in [0.1, 0.15) is 24.0 Å². The number of nitrogens with one attached hydrogen (secondary N) is 1. The molecule has 0 radical (unpaired) electrons. The molecule has 0 bridgehead atoms. The number of carboxylic acid groups (broad SMARTS) is 1. The van der Waals surface area contributed by atoms with Crippen molar-refractivity contribution in [2.45, 2.75) is 37.8 Å². The van der Waals surface area contributed by atoms with E-state index in [-0.39, 0.29) is 24.2 Å². The number of aromatic hydroxyl groups is 1. The van der Waals surface area contributed by atoms with Gasteiger partial charge in [0, 0.05) is 37.8 Å². The molecule has 0 aliphatic carbocycles. The number of phenols is 1. The molecule has 0 spiro atoms. The summed E-state index contributed by atoms with van der Waals surface area (Å²) in [5, 5.41) is 21.8. The maximum absolute atomic E-state index is 12.7. The number of para-hydroxylation sites is 1. The molecule has 2 aliphatic heterocycles. The molecule has 33 heavy (non-hydrogen) atoms. The lowest BCUT2D eigenvalue weighted by molar-refractivity contribution is -0.147. The van der Waals surface area contributed by atoms with Gasteiger partial charge in [0.2, 0.25) is 6.10 Å². The van der Waals surface area contributed by atoms with Crippen molar-refractivity contribution in [1.82, 2.24) is 9.80 Å². The van der Waals surface area contributed by atoms with Gasteiger partial charge in [0.25, 0.3) is 0 Å². The minimum absolute atomic E-state index is 0.00405. The van der Waals surface area contributed by atoms with E-state index in [0.717, 1.165) is 17.7 Å². The van der Waals surface area contributed by atoms with Crippen molar-refractivity contribution in [3.8, 4) is 5.75 Å². The molecule has 9 heteroatoms. The Morgan fingerprint density at radius 2 is 1.76 bits per heavy atom. The first-order valence-corrected chi connectivity index (χ1v) is 11.0. The molecule has 1 saturated heterocycles. The van der Waals surface area contributed by atoms with Crippen LogP contribution in [0.25, 0.3) is 0 Å². The van der Waals surface area contributed by atoms with Crippen molar-refractivity contribution in [2.75, 3.05) is 25.0 Å². The Bertz CT molecular complexity index is 1020. The number of ether oxygens (including phenoxy) is 1. The first kappa shape index (κ1) is 22.4. The zero-order chi connectivity index (χ0) is 23.4. The maximum atomic E-state index is 12.7. The van der Waals surface area contributed by atoms with E-state index in [0.29, 0.717) is 38.0 Å². The molecule has 4 rings (SSSR count). The van der Waals surface area contributed by atoms with E-state index in [1.165, 1.54) is 17.0 Å². The second-order valence-corrected chi connectivity index (χ2v) is 8.33. The quantitative estimate of drug-likeness (QED) is 0.640. The van der Waals surface area contributed by atoms with Gasteiger partial charge in [-0.1, -0.05) is 30.3 Å². The zero-order valence-electron chi connectivity index (χ0n) is 18.1. The van der Waals surface area contributed by atoms with Crippen LogP contribution in [0.4, 0.5) is 15.3 Å². The van der Waals surface area contributed by atoms with Crippen molar-refractivity contribution in [1.29, 1.82) is 0 Å². The molecule has 0 aromatic heterocycles. The summed E-state index contributed by atoms with van der Waals surface area (Å²) in [5.41, 5.74) is 2.57. The number of aliphatic carboxylic acids is 1. The molecule has 2 aromatic carbocycles. The van der Waals surface area contributed by atoms with Gasteiger partial charge in [-0.3, -0.25) is 0 Å². The predicted molar refractivity (Wildman–Crippen MR) is 120 cm³/mol. The summed E-state index contributed by atoms with van der Waals surface area (Å²) in [4.78, 5) is 40.3. The number of carbonyl (C=O) groups is 3. The molecule has 2 heterocycles. The average Bonchev–Trinajstić information content (AvgIpc) is 2.98. The summed E-state index contributed by atoms with van der Waals surface area (Å²) in [6, 6.07) is 13.7. The number of fused-ring (bicyclic) bond motifs is 1. The number of phenolic OH excluding ortho intramolecular Hbond substituents is 1. The summed E-state index contributed by atoms with van der Waals surface area (Å²) in [6.07, 6.45) is -0.0496. The second kappa shape index (κ2) is 9.81. The Kier molecular flexibility index (Phi) is 6.67. The van der Waals surface area contributed by atoms with E-state index in [1.807, 2.05) is 29.2 Å². The van der Waals surface area contributed by atoms with E-state index in [2.05, 4.69) is 5.32 Å². The normalized spacial score (nSPS) is 17.5. The first-order chi connectivity index (χ1) is 15.9. The predicted octanol–water partition coefficient (Wildman–Crippen LogP) is 3.08. The molecule has 3 N–H and O–H groups in total. The number of amides is 3. The standard InChI is InChI=1S/C24H27N3O6/c28-19-7-5-16(6-8-19)15-21(22(29)30)33-24(32)26-12-10-18(11-13-26)27-14-9-17-3-1-2-4-20(17)25-23(27)31/h1-8,18,21,28H,9-15H2,(H,25,31)(H,29,30). The highest BCUT2D eigenvalue weighted by Gasteiger charge is 2.33. The molecule has 1 unspecified atom stereocenters. The minimum Gasteiger partial charge on any atom is -0.508 e. The first-order valence-electron chi connectivity index (χ1n) is 11.0. The highest BCUT2D eigenvalue weighted by atomic mass is 16.6. The van der Waals surface area contributed by atoms with Crippen LogP contribution in [-0.2, 0) is 22.4 Å². The molecule has 1 atom stereocenters. The third-order valence-electron chi connectivity index (χ3n) is 6.18. The Hall–Kier alpha value is -3.75. The number of rotatable bonds is 5. The Morgan fingerprint density at radius 3 is 2.45 bits per heavy atom. The topological polar surface area (TPSA) is 119 Å². The number of hydrogen-bond donors (Lipinski definition) is 3. The summed E-state index contributed by atoms with van der Waals surface area (Å²) < 4.78 is 5.28. The Morgan fingerprint density at radius 1 is 1.06 bits per heavy atom. The molecule has 2 aliphatic rings. The van der Waals surface area contributed by atoms with Gasteiger partial charge in [0.05, 0.1) is 0 Å². The number of urea groups is 1. The molecule has 1 fully saturated rings. The monoisotopic (exact) mass is 453 g/mol. The average molecular weight is 453 g/mol. The summed E-state index contributed by atoms with van der Waals surface area (Å²) in [7, 11) is 0. The number of nitrogens with zero attached hydrogens (tertiary/aromatic N) is 2. The van der Waals surface area contributed by atoms with Gasteiger partial charge in [-0.2, -0.15) is 0 Å². The van der Waals surface area contributed by atoms with E-state index >= 15 is 0 Å². The van der Waals surface area contributed by atoms with E-state index in [1.54, 1.807) is 12.1 Å². The number of carbonyl (C=O) groups excluding carboxylic acids is 2. The van der Waals surface area contributed by atoms with Crippen molar-refractivity contribution < 1.29 is 29.3 Å². The van der Waals surface area contributed by atoms with Crippen LogP contribution in [-0.4, -0.2) is 69.9 Å². The van der Waals surface area contributed by atoms with Gasteiger partial charge in [-0.05, 0) is 48.6 Å². The lowest BCUT2D eigenvalue weighted by Crippen LogP contribution is -2.50. The molecule has 174 valence electrons. The van der Waals surface area contributed by atoms with E-state index < -0.39 is 18.2 Å². The van der Waals surface area contributed by atoms with E-state index in [4.69, 9.17) is 4.74 Å². The van der Waals surface area contributed by atoms with E-state index in [9.17, 15) is 24.6 Å². The second-order valence-electron chi connectivity index (χ2n) is 8.33.